The largest absolute Gasteiger partial charge is 0.388 e. The van der Waals surface area contributed by atoms with Crippen LogP contribution in [0.1, 0.15) is 0 Å². The molecule has 0 aromatic carbocycles. The fraction of sp³-hybridized carbons (Fsp3) is 1.00. The quantitative estimate of drug-likeness (QED) is 0.235. The van der Waals surface area contributed by atoms with Gasteiger partial charge in [-0.15, -0.1) is 0 Å². The number of ether oxygens (including phenoxy) is 2. The molecule has 15 heavy (non-hydrogen) atoms. The first-order chi connectivity index (χ1) is 7.16. The maximum absolute atomic E-state index is 9.40. The van der Waals surface area contributed by atoms with Crippen LogP contribution in [0.2, 0.25) is 0 Å². The number of aliphatic hydroxyl groups excluding tert-OH is 3. The van der Waals surface area contributed by atoms with Gasteiger partial charge in [-0.3, -0.25) is 0 Å². The highest BCUT2D eigenvalue weighted by molar-refractivity contribution is 4.82. The lowest BCUT2D eigenvalue weighted by Gasteiger charge is -2.34. The molecule has 0 aromatic heterocycles. The van der Waals surface area contributed by atoms with Gasteiger partial charge in [0, 0.05) is 11.5 Å². The van der Waals surface area contributed by atoms with Crippen molar-refractivity contribution in [2.24, 2.45) is 5.11 Å². The van der Waals surface area contributed by atoms with Gasteiger partial charge in [-0.05, 0) is 5.53 Å². The van der Waals surface area contributed by atoms with E-state index in [1.54, 1.807) is 0 Å². The van der Waals surface area contributed by atoms with E-state index in [2.05, 4.69) is 10.0 Å². The van der Waals surface area contributed by atoms with Crippen LogP contribution in [0.5, 0.6) is 0 Å². The summed E-state index contributed by atoms with van der Waals surface area (Å²) in [7, 11) is 0. The van der Waals surface area contributed by atoms with Crippen molar-refractivity contribution in [3.63, 3.8) is 0 Å². The van der Waals surface area contributed by atoms with Crippen LogP contribution in [-0.4, -0.2) is 59.7 Å². The molecule has 1 heterocycles. The van der Waals surface area contributed by atoms with Crippen LogP contribution in [-0.2, 0) is 9.47 Å². The van der Waals surface area contributed by atoms with Crippen molar-refractivity contribution in [3.05, 3.63) is 10.4 Å². The van der Waals surface area contributed by atoms with Crippen LogP contribution >= 0.6 is 0 Å². The first-order valence-corrected chi connectivity index (χ1v) is 4.45. The van der Waals surface area contributed by atoms with E-state index in [9.17, 15) is 10.2 Å². The first-order valence-electron chi connectivity index (χ1n) is 4.45. The molecule has 1 saturated heterocycles. The van der Waals surface area contributed by atoms with Gasteiger partial charge in [0.15, 0.2) is 6.29 Å². The molecule has 0 bridgehead atoms. The summed E-state index contributed by atoms with van der Waals surface area (Å²) in [6.07, 6.45) is -4.71. The molecular weight excluding hydrogens is 206 g/mol. The molecule has 0 aliphatic carbocycles. The Hall–Kier alpha value is -0.890. The average Bonchev–Trinajstić information content (AvgIpc) is 2.24. The van der Waals surface area contributed by atoms with Gasteiger partial charge in [0.25, 0.3) is 0 Å². The molecule has 0 aromatic rings. The zero-order valence-electron chi connectivity index (χ0n) is 7.93. The van der Waals surface area contributed by atoms with E-state index in [0.29, 0.717) is 0 Å². The lowest BCUT2D eigenvalue weighted by molar-refractivity contribution is -0.268. The van der Waals surface area contributed by atoms with Crippen molar-refractivity contribution in [1.82, 2.24) is 0 Å². The lowest BCUT2D eigenvalue weighted by atomic mass is 10.1. The predicted molar refractivity (Wildman–Crippen MR) is 47.7 cm³/mol. The van der Waals surface area contributed by atoms with Gasteiger partial charge < -0.3 is 24.8 Å². The van der Waals surface area contributed by atoms with Gasteiger partial charge in [0.1, 0.15) is 18.3 Å². The summed E-state index contributed by atoms with van der Waals surface area (Å²) >= 11 is 0. The Labute approximate surface area is 85.7 Å². The summed E-state index contributed by atoms with van der Waals surface area (Å²) in [4.78, 5) is 2.52. The number of azide groups is 1. The number of nitrogens with zero attached hydrogens (tertiary/aromatic N) is 3. The van der Waals surface area contributed by atoms with E-state index in [1.807, 2.05) is 0 Å². The maximum Gasteiger partial charge on any atom is 0.186 e. The fourth-order valence-electron chi connectivity index (χ4n) is 1.18. The van der Waals surface area contributed by atoms with E-state index < -0.39 is 24.6 Å². The van der Waals surface area contributed by atoms with E-state index in [4.69, 9.17) is 20.1 Å². The second kappa shape index (κ2) is 5.86. The molecule has 1 rings (SSSR count). The topological polar surface area (TPSA) is 128 Å². The molecule has 4 atom stereocenters. The number of hydrogen-bond acceptors (Lipinski definition) is 6. The summed E-state index contributed by atoms with van der Waals surface area (Å²) in [5.41, 5.74) is 7.98. The molecule has 3 N–H and O–H groups in total. The van der Waals surface area contributed by atoms with Gasteiger partial charge in [0.05, 0.1) is 13.2 Å². The number of rotatable bonds is 4. The molecular formula is C7H13N3O5. The summed E-state index contributed by atoms with van der Waals surface area (Å²) in [6.45, 7) is 0.0841. The molecule has 0 saturated carbocycles. The lowest BCUT2D eigenvalue weighted by Crippen LogP contribution is -2.53. The average molecular weight is 219 g/mol. The minimum atomic E-state index is -1.31. The normalized spacial score (nSPS) is 35.9. The third kappa shape index (κ3) is 3.31. The summed E-state index contributed by atoms with van der Waals surface area (Å²) < 4.78 is 9.94. The molecule has 8 heteroatoms. The third-order valence-electron chi connectivity index (χ3n) is 1.99. The molecule has 0 spiro atoms. The predicted octanol–water partition coefficient (Wildman–Crippen LogP) is -1.25. The van der Waals surface area contributed by atoms with Crippen LogP contribution in [0.4, 0.5) is 0 Å². The Morgan fingerprint density at radius 2 is 2.13 bits per heavy atom. The zero-order valence-corrected chi connectivity index (χ0v) is 7.93. The highest BCUT2D eigenvalue weighted by atomic mass is 16.7. The van der Waals surface area contributed by atoms with Gasteiger partial charge in [-0.25, -0.2) is 0 Å². The van der Waals surface area contributed by atoms with Crippen molar-refractivity contribution >= 4 is 0 Å². The van der Waals surface area contributed by atoms with Crippen LogP contribution in [0, 0.1) is 0 Å². The van der Waals surface area contributed by atoms with Crippen LogP contribution < -0.4 is 0 Å². The molecule has 1 aliphatic heterocycles. The van der Waals surface area contributed by atoms with Crippen molar-refractivity contribution < 1.29 is 24.8 Å². The molecule has 1 aliphatic rings. The smallest absolute Gasteiger partial charge is 0.186 e. The molecule has 0 radical (unpaired) electrons. The van der Waals surface area contributed by atoms with Crippen LogP contribution in [0.3, 0.4) is 0 Å². The first kappa shape index (κ1) is 12.2. The standard InChI is InChI=1S/C7H13N3O5/c8-10-9-1-2-14-7-6(13)5(12)4(11)3-15-7/h4-7,11-13H,1-3H2/t4-,5+,6-,7-/m1/s1. The van der Waals surface area contributed by atoms with E-state index in [0.717, 1.165) is 0 Å². The summed E-state index contributed by atoms with van der Waals surface area (Å²) in [6, 6.07) is 0. The Morgan fingerprint density at radius 3 is 2.80 bits per heavy atom. The molecule has 86 valence electrons. The number of aliphatic hydroxyl groups is 3. The highest BCUT2D eigenvalue weighted by Gasteiger charge is 2.37. The second-order valence-corrected chi connectivity index (χ2v) is 3.08. The minimum absolute atomic E-state index is 0.0780. The number of hydrogen-bond donors (Lipinski definition) is 3. The van der Waals surface area contributed by atoms with Crippen molar-refractivity contribution in [1.29, 1.82) is 0 Å². The minimum Gasteiger partial charge on any atom is -0.388 e. The fourth-order valence-corrected chi connectivity index (χ4v) is 1.18. The zero-order chi connectivity index (χ0) is 11.3. The molecule has 8 nitrogen and oxygen atoms in total. The summed E-state index contributed by atoms with van der Waals surface area (Å²) in [5.74, 6) is 0. The van der Waals surface area contributed by atoms with E-state index >= 15 is 0 Å². The maximum atomic E-state index is 9.40. The van der Waals surface area contributed by atoms with Gasteiger partial charge in [0.2, 0.25) is 0 Å². The molecule has 0 amide bonds. The SMILES string of the molecule is [N-]=[N+]=NCCO[C@@H]1OC[C@@H](O)[C@H](O)[C@H]1O. The second-order valence-electron chi connectivity index (χ2n) is 3.08. The molecule has 1 fully saturated rings. The highest BCUT2D eigenvalue weighted by Crippen LogP contribution is 2.16. The van der Waals surface area contributed by atoms with Crippen molar-refractivity contribution in [2.45, 2.75) is 24.6 Å². The van der Waals surface area contributed by atoms with E-state index in [1.165, 1.54) is 0 Å². The van der Waals surface area contributed by atoms with Gasteiger partial charge >= 0.3 is 0 Å². The van der Waals surface area contributed by atoms with E-state index in [-0.39, 0.29) is 19.8 Å². The van der Waals surface area contributed by atoms with Crippen LogP contribution in [0.15, 0.2) is 5.11 Å². The Kier molecular flexibility index (Phi) is 4.76. The van der Waals surface area contributed by atoms with Crippen molar-refractivity contribution in [3.8, 4) is 0 Å². The third-order valence-corrected chi connectivity index (χ3v) is 1.99. The Bertz CT molecular complexity index is 245. The van der Waals surface area contributed by atoms with Crippen LogP contribution in [0.25, 0.3) is 10.4 Å². The Morgan fingerprint density at radius 1 is 1.40 bits per heavy atom. The van der Waals surface area contributed by atoms with Gasteiger partial charge in [-0.2, -0.15) is 0 Å². The monoisotopic (exact) mass is 219 g/mol. The summed E-state index contributed by atoms with van der Waals surface area (Å²) in [5, 5.41) is 31.0. The van der Waals surface area contributed by atoms with Gasteiger partial charge in [-0.1, -0.05) is 5.11 Å². The Balaban J connectivity index is 2.32. The van der Waals surface area contributed by atoms with Crippen molar-refractivity contribution in [2.75, 3.05) is 19.8 Å². The molecule has 0 unspecified atom stereocenters.